The normalized spacial score (nSPS) is 18.7. The van der Waals surface area contributed by atoms with Crippen molar-refractivity contribution in [2.45, 2.75) is 6.42 Å². The third-order valence-corrected chi connectivity index (χ3v) is 3.26. The number of carbonyl (C=O) groups is 2. The summed E-state index contributed by atoms with van der Waals surface area (Å²) in [6.45, 7) is 0.705. The van der Waals surface area contributed by atoms with Crippen LogP contribution in [-0.4, -0.2) is 40.1 Å². The number of likely N-dealkylation sites (tertiary alicyclic amines) is 1. The number of aromatic nitrogens is 1. The first kappa shape index (κ1) is 12.8. The number of halogens is 1. The monoisotopic (exact) mass is 313 g/mol. The van der Waals surface area contributed by atoms with Gasteiger partial charge in [-0.05, 0) is 34.5 Å². The van der Waals surface area contributed by atoms with E-state index in [-0.39, 0.29) is 12.6 Å². The first-order valence-corrected chi connectivity index (χ1v) is 6.26. The molecule has 1 fully saturated rings. The average molecular weight is 314 g/mol. The van der Waals surface area contributed by atoms with E-state index >= 15 is 0 Å². The largest absolute Gasteiger partial charge is 0.481 e. The number of nitrogens with zero attached hydrogens (tertiary/aromatic N) is 2. The van der Waals surface area contributed by atoms with Crippen molar-refractivity contribution < 1.29 is 14.7 Å². The van der Waals surface area contributed by atoms with Crippen molar-refractivity contribution >= 4 is 33.7 Å². The Morgan fingerprint density at radius 1 is 1.50 bits per heavy atom. The lowest BCUT2D eigenvalue weighted by atomic mass is 10.1. The molecule has 6 nitrogen and oxygen atoms in total. The molecule has 1 aliphatic heterocycles. The highest BCUT2D eigenvalue weighted by Gasteiger charge is 2.30. The Labute approximate surface area is 112 Å². The molecule has 0 bridgehead atoms. The van der Waals surface area contributed by atoms with Crippen LogP contribution in [0.2, 0.25) is 0 Å². The third kappa shape index (κ3) is 2.98. The lowest BCUT2D eigenvalue weighted by Crippen LogP contribution is -2.34. The molecule has 1 atom stereocenters. The summed E-state index contributed by atoms with van der Waals surface area (Å²) in [5, 5.41) is 11.5. The Bertz CT molecular complexity index is 463. The maximum absolute atomic E-state index is 11.8. The number of carbonyl (C=O) groups excluding carboxylic acids is 1. The van der Waals surface area contributed by atoms with Gasteiger partial charge < -0.3 is 10.0 Å². The van der Waals surface area contributed by atoms with Gasteiger partial charge in [0.2, 0.25) is 0 Å². The Balaban J connectivity index is 1.93. The van der Waals surface area contributed by atoms with Gasteiger partial charge in [0.05, 0.1) is 5.92 Å². The number of hydrogen-bond acceptors (Lipinski definition) is 3. The highest BCUT2D eigenvalue weighted by molar-refractivity contribution is 9.10. The number of aliphatic carboxylic acids is 1. The lowest BCUT2D eigenvalue weighted by molar-refractivity contribution is -0.141. The lowest BCUT2D eigenvalue weighted by Gasteiger charge is -2.16. The van der Waals surface area contributed by atoms with Crippen molar-refractivity contribution in [3.8, 4) is 0 Å². The maximum atomic E-state index is 11.8. The molecule has 2 heterocycles. The first-order chi connectivity index (χ1) is 8.56. The van der Waals surface area contributed by atoms with E-state index in [4.69, 9.17) is 5.11 Å². The number of carboxylic acids is 1. The van der Waals surface area contributed by atoms with E-state index in [1.165, 1.54) is 4.90 Å². The van der Waals surface area contributed by atoms with Crippen LogP contribution in [0.25, 0.3) is 0 Å². The zero-order valence-corrected chi connectivity index (χ0v) is 11.1. The summed E-state index contributed by atoms with van der Waals surface area (Å²) in [4.78, 5) is 28.1. The molecular weight excluding hydrogens is 302 g/mol. The second kappa shape index (κ2) is 5.34. The Morgan fingerprint density at radius 3 is 2.83 bits per heavy atom. The second-order valence-corrected chi connectivity index (χ2v) is 4.98. The maximum Gasteiger partial charge on any atom is 0.323 e. The topological polar surface area (TPSA) is 82.5 Å². The van der Waals surface area contributed by atoms with Crippen LogP contribution in [0.4, 0.5) is 10.6 Å². The number of pyridine rings is 1. The minimum atomic E-state index is -0.855. The fraction of sp³-hybridized carbons (Fsp3) is 0.364. The number of amides is 2. The summed E-state index contributed by atoms with van der Waals surface area (Å²) >= 11 is 3.25. The molecule has 0 spiro atoms. The molecule has 0 aromatic carbocycles. The molecule has 0 radical (unpaired) electrons. The van der Waals surface area contributed by atoms with Gasteiger partial charge in [-0.15, -0.1) is 0 Å². The summed E-state index contributed by atoms with van der Waals surface area (Å²) in [6.07, 6.45) is 2.08. The van der Waals surface area contributed by atoms with E-state index in [0.29, 0.717) is 18.8 Å². The van der Waals surface area contributed by atoms with E-state index in [1.807, 2.05) is 0 Å². The molecule has 96 valence electrons. The van der Waals surface area contributed by atoms with Gasteiger partial charge in [0.15, 0.2) is 0 Å². The van der Waals surface area contributed by atoms with Crippen LogP contribution in [0.15, 0.2) is 22.8 Å². The van der Waals surface area contributed by atoms with Crippen LogP contribution in [0.3, 0.4) is 0 Å². The van der Waals surface area contributed by atoms with E-state index < -0.39 is 11.9 Å². The Morgan fingerprint density at radius 2 is 2.28 bits per heavy atom. The van der Waals surface area contributed by atoms with Crippen molar-refractivity contribution in [2.24, 2.45) is 5.92 Å². The fourth-order valence-corrected chi connectivity index (χ4v) is 2.02. The van der Waals surface area contributed by atoms with Crippen molar-refractivity contribution in [1.82, 2.24) is 9.88 Å². The Kier molecular flexibility index (Phi) is 3.81. The van der Waals surface area contributed by atoms with Gasteiger partial charge in [-0.25, -0.2) is 9.78 Å². The zero-order chi connectivity index (χ0) is 13.1. The summed E-state index contributed by atoms with van der Waals surface area (Å²) < 4.78 is 0.826. The number of hydrogen-bond donors (Lipinski definition) is 2. The molecule has 1 saturated heterocycles. The van der Waals surface area contributed by atoms with Gasteiger partial charge in [-0.1, -0.05) is 0 Å². The number of urea groups is 1. The van der Waals surface area contributed by atoms with E-state index in [0.717, 1.165) is 4.47 Å². The average Bonchev–Trinajstić information content (AvgIpc) is 2.81. The van der Waals surface area contributed by atoms with Crippen LogP contribution in [0.1, 0.15) is 6.42 Å². The molecule has 1 aromatic rings. The second-order valence-electron chi connectivity index (χ2n) is 4.06. The Hall–Kier alpha value is -1.63. The summed E-state index contributed by atoms with van der Waals surface area (Å²) in [6, 6.07) is 3.13. The SMILES string of the molecule is O=C(O)C1CCN(C(=O)Nc2ccc(Br)cn2)C1. The fourth-order valence-electron chi connectivity index (χ4n) is 1.78. The molecule has 0 aliphatic carbocycles. The molecule has 2 amide bonds. The van der Waals surface area contributed by atoms with E-state index in [2.05, 4.69) is 26.2 Å². The third-order valence-electron chi connectivity index (χ3n) is 2.79. The molecule has 0 saturated carbocycles. The molecular formula is C11H12BrN3O3. The molecule has 18 heavy (non-hydrogen) atoms. The molecule has 2 N–H and O–H groups in total. The highest BCUT2D eigenvalue weighted by Crippen LogP contribution is 2.17. The molecule has 2 rings (SSSR count). The zero-order valence-electron chi connectivity index (χ0n) is 9.47. The van der Waals surface area contributed by atoms with Crippen LogP contribution < -0.4 is 5.32 Å². The van der Waals surface area contributed by atoms with Crippen molar-refractivity contribution in [3.05, 3.63) is 22.8 Å². The van der Waals surface area contributed by atoms with Gasteiger partial charge in [-0.3, -0.25) is 10.1 Å². The van der Waals surface area contributed by atoms with Gasteiger partial charge in [0, 0.05) is 23.8 Å². The van der Waals surface area contributed by atoms with Crippen LogP contribution in [0, 0.1) is 5.92 Å². The van der Waals surface area contributed by atoms with Crippen molar-refractivity contribution in [1.29, 1.82) is 0 Å². The van der Waals surface area contributed by atoms with Crippen LogP contribution >= 0.6 is 15.9 Å². The minimum absolute atomic E-state index is 0.248. The summed E-state index contributed by atoms with van der Waals surface area (Å²) in [7, 11) is 0. The van der Waals surface area contributed by atoms with Gasteiger partial charge in [0.1, 0.15) is 5.82 Å². The van der Waals surface area contributed by atoms with Gasteiger partial charge in [-0.2, -0.15) is 0 Å². The number of carboxylic acid groups (broad SMARTS) is 1. The van der Waals surface area contributed by atoms with Crippen LogP contribution in [-0.2, 0) is 4.79 Å². The summed E-state index contributed by atoms with van der Waals surface area (Å²) in [5.41, 5.74) is 0. The molecule has 7 heteroatoms. The number of anilines is 1. The molecule has 1 aliphatic rings. The predicted octanol–water partition coefficient (Wildman–Crippen LogP) is 1.78. The molecule has 1 aromatic heterocycles. The smallest absolute Gasteiger partial charge is 0.323 e. The van der Waals surface area contributed by atoms with E-state index in [9.17, 15) is 9.59 Å². The highest BCUT2D eigenvalue weighted by atomic mass is 79.9. The number of nitrogens with one attached hydrogen (secondary N) is 1. The van der Waals surface area contributed by atoms with Crippen molar-refractivity contribution in [3.63, 3.8) is 0 Å². The van der Waals surface area contributed by atoms with Gasteiger partial charge >= 0.3 is 12.0 Å². The van der Waals surface area contributed by atoms with Crippen LogP contribution in [0.5, 0.6) is 0 Å². The minimum Gasteiger partial charge on any atom is -0.481 e. The predicted molar refractivity (Wildman–Crippen MR) is 68.3 cm³/mol. The number of rotatable bonds is 2. The molecule has 1 unspecified atom stereocenters. The van der Waals surface area contributed by atoms with Gasteiger partial charge in [0.25, 0.3) is 0 Å². The first-order valence-electron chi connectivity index (χ1n) is 5.46. The quantitative estimate of drug-likeness (QED) is 0.872. The summed E-state index contributed by atoms with van der Waals surface area (Å²) in [5.74, 6) is -0.873. The standard InChI is InChI=1S/C11H12BrN3O3/c12-8-1-2-9(13-5-8)14-11(18)15-4-3-7(6-15)10(16)17/h1-2,5,7H,3-4,6H2,(H,16,17)(H,13,14,18). The van der Waals surface area contributed by atoms with E-state index in [1.54, 1.807) is 18.3 Å². The van der Waals surface area contributed by atoms with Crippen molar-refractivity contribution in [2.75, 3.05) is 18.4 Å².